The standard InChI is InChI=1S/C20H21NO2/c1-20(2,3)16-9-7-13(8-10-16)14-5-6-15-12-18(19(22)23-4)21-17(15)11-14/h5-12,21H,1-4H3. The normalized spacial score (nSPS) is 11.7. The van der Waals surface area contributed by atoms with Gasteiger partial charge in [-0.05, 0) is 34.2 Å². The monoisotopic (exact) mass is 307 g/mol. The van der Waals surface area contributed by atoms with Crippen molar-refractivity contribution in [1.82, 2.24) is 4.98 Å². The van der Waals surface area contributed by atoms with Crippen LogP contribution in [0, 0.1) is 0 Å². The third kappa shape index (κ3) is 3.00. The maximum Gasteiger partial charge on any atom is 0.354 e. The molecule has 23 heavy (non-hydrogen) atoms. The van der Waals surface area contributed by atoms with Gasteiger partial charge >= 0.3 is 5.97 Å². The zero-order chi connectivity index (χ0) is 16.6. The first-order valence-corrected chi connectivity index (χ1v) is 7.70. The van der Waals surface area contributed by atoms with Gasteiger partial charge in [0.2, 0.25) is 0 Å². The summed E-state index contributed by atoms with van der Waals surface area (Å²) in [6.07, 6.45) is 0. The van der Waals surface area contributed by atoms with Crippen molar-refractivity contribution in [1.29, 1.82) is 0 Å². The molecule has 0 saturated carbocycles. The molecule has 118 valence electrons. The van der Waals surface area contributed by atoms with Crippen molar-refractivity contribution >= 4 is 16.9 Å². The Morgan fingerprint density at radius 1 is 0.957 bits per heavy atom. The molecule has 3 heteroatoms. The number of hydrogen-bond acceptors (Lipinski definition) is 2. The first kappa shape index (κ1) is 15.3. The Balaban J connectivity index is 1.98. The van der Waals surface area contributed by atoms with E-state index in [4.69, 9.17) is 4.74 Å². The quantitative estimate of drug-likeness (QED) is 0.683. The van der Waals surface area contributed by atoms with Crippen molar-refractivity contribution in [3.05, 3.63) is 59.8 Å². The van der Waals surface area contributed by atoms with Crippen molar-refractivity contribution in [3.63, 3.8) is 0 Å². The number of methoxy groups -OCH3 is 1. The number of H-pyrrole nitrogens is 1. The van der Waals surface area contributed by atoms with Crippen LogP contribution >= 0.6 is 0 Å². The van der Waals surface area contributed by atoms with Crippen molar-refractivity contribution < 1.29 is 9.53 Å². The second-order valence-corrected chi connectivity index (χ2v) is 6.80. The second kappa shape index (κ2) is 5.58. The molecule has 3 rings (SSSR count). The van der Waals surface area contributed by atoms with E-state index in [2.05, 4.69) is 62.2 Å². The number of benzene rings is 2. The highest BCUT2D eigenvalue weighted by Gasteiger charge is 2.13. The Morgan fingerprint density at radius 2 is 1.61 bits per heavy atom. The van der Waals surface area contributed by atoms with Crippen LogP contribution in [0.1, 0.15) is 36.8 Å². The Labute approximate surface area is 136 Å². The van der Waals surface area contributed by atoms with Crippen LogP contribution in [0.5, 0.6) is 0 Å². The van der Waals surface area contributed by atoms with Crippen LogP contribution in [-0.2, 0) is 10.2 Å². The number of rotatable bonds is 2. The summed E-state index contributed by atoms with van der Waals surface area (Å²) in [7, 11) is 1.38. The van der Waals surface area contributed by atoms with Gasteiger partial charge < -0.3 is 9.72 Å². The zero-order valence-electron chi connectivity index (χ0n) is 13.9. The average molecular weight is 307 g/mol. The van der Waals surface area contributed by atoms with E-state index < -0.39 is 0 Å². The lowest BCUT2D eigenvalue weighted by molar-refractivity contribution is 0.0595. The van der Waals surface area contributed by atoms with Crippen LogP contribution in [0.3, 0.4) is 0 Å². The van der Waals surface area contributed by atoms with Crippen LogP contribution in [0.25, 0.3) is 22.0 Å². The number of hydrogen-bond donors (Lipinski definition) is 1. The van der Waals surface area contributed by atoms with E-state index in [0.29, 0.717) is 5.69 Å². The minimum absolute atomic E-state index is 0.150. The molecule has 0 saturated heterocycles. The number of aromatic nitrogens is 1. The van der Waals surface area contributed by atoms with E-state index in [1.54, 1.807) is 0 Å². The fraction of sp³-hybridized carbons (Fsp3) is 0.250. The first-order chi connectivity index (χ1) is 10.9. The number of esters is 1. The fourth-order valence-corrected chi connectivity index (χ4v) is 2.69. The average Bonchev–Trinajstić information content (AvgIpc) is 2.96. The molecule has 3 aromatic rings. The van der Waals surface area contributed by atoms with E-state index >= 15 is 0 Å². The number of fused-ring (bicyclic) bond motifs is 1. The van der Waals surface area contributed by atoms with E-state index in [1.807, 2.05) is 12.1 Å². The van der Waals surface area contributed by atoms with Gasteiger partial charge in [-0.3, -0.25) is 0 Å². The Bertz CT molecular complexity index is 851. The molecule has 1 heterocycles. The molecule has 0 amide bonds. The number of carbonyl (C=O) groups excluding carboxylic acids is 1. The minimum atomic E-state index is -0.350. The largest absolute Gasteiger partial charge is 0.464 e. The molecule has 0 fully saturated rings. The Hall–Kier alpha value is -2.55. The molecule has 0 aliphatic rings. The summed E-state index contributed by atoms with van der Waals surface area (Å²) in [5.74, 6) is -0.350. The SMILES string of the molecule is COC(=O)c1cc2ccc(-c3ccc(C(C)(C)C)cc3)cc2[nH]1. The van der Waals surface area contributed by atoms with Gasteiger partial charge in [0.15, 0.2) is 0 Å². The van der Waals surface area contributed by atoms with Crippen LogP contribution in [0.2, 0.25) is 0 Å². The Morgan fingerprint density at radius 3 is 2.22 bits per heavy atom. The maximum atomic E-state index is 11.6. The highest BCUT2D eigenvalue weighted by atomic mass is 16.5. The van der Waals surface area contributed by atoms with E-state index in [1.165, 1.54) is 12.7 Å². The molecular weight excluding hydrogens is 286 g/mol. The van der Waals surface area contributed by atoms with Gasteiger partial charge in [0.1, 0.15) is 5.69 Å². The molecule has 0 aliphatic heterocycles. The second-order valence-electron chi connectivity index (χ2n) is 6.80. The summed E-state index contributed by atoms with van der Waals surface area (Å²) in [5, 5.41) is 1.00. The van der Waals surface area contributed by atoms with Crippen LogP contribution < -0.4 is 0 Å². The van der Waals surface area contributed by atoms with Crippen molar-refractivity contribution in [2.45, 2.75) is 26.2 Å². The number of aromatic amines is 1. The van der Waals surface area contributed by atoms with Crippen molar-refractivity contribution in [2.75, 3.05) is 7.11 Å². The smallest absolute Gasteiger partial charge is 0.354 e. The minimum Gasteiger partial charge on any atom is -0.464 e. The lowest BCUT2D eigenvalue weighted by Gasteiger charge is -2.19. The molecule has 1 aromatic heterocycles. The summed E-state index contributed by atoms with van der Waals surface area (Å²) in [4.78, 5) is 14.7. The Kier molecular flexibility index (Phi) is 3.72. The van der Waals surface area contributed by atoms with E-state index in [9.17, 15) is 4.79 Å². The molecular formula is C20H21NO2. The molecule has 0 aliphatic carbocycles. The van der Waals surface area contributed by atoms with Gasteiger partial charge in [0.05, 0.1) is 7.11 Å². The highest BCUT2D eigenvalue weighted by molar-refractivity contribution is 5.96. The third-order valence-electron chi connectivity index (χ3n) is 4.11. The van der Waals surface area contributed by atoms with Crippen LogP contribution in [0.15, 0.2) is 48.5 Å². The molecule has 3 nitrogen and oxygen atoms in total. The summed E-state index contributed by atoms with van der Waals surface area (Å²) >= 11 is 0. The number of ether oxygens (including phenoxy) is 1. The van der Waals surface area contributed by atoms with E-state index in [0.717, 1.165) is 22.0 Å². The maximum absolute atomic E-state index is 11.6. The van der Waals surface area contributed by atoms with Gasteiger partial charge in [-0.25, -0.2) is 4.79 Å². The molecule has 0 bridgehead atoms. The molecule has 0 unspecified atom stereocenters. The lowest BCUT2D eigenvalue weighted by atomic mass is 9.86. The summed E-state index contributed by atoms with van der Waals surface area (Å²) < 4.78 is 4.76. The summed E-state index contributed by atoms with van der Waals surface area (Å²) in [6.45, 7) is 6.63. The number of nitrogens with one attached hydrogen (secondary N) is 1. The van der Waals surface area contributed by atoms with Gasteiger partial charge in [-0.1, -0.05) is 57.2 Å². The first-order valence-electron chi connectivity index (χ1n) is 7.70. The van der Waals surface area contributed by atoms with Gasteiger partial charge in [-0.15, -0.1) is 0 Å². The zero-order valence-corrected chi connectivity index (χ0v) is 13.9. The molecule has 0 radical (unpaired) electrons. The molecule has 1 N–H and O–H groups in total. The number of carbonyl (C=O) groups is 1. The van der Waals surface area contributed by atoms with Crippen molar-refractivity contribution in [3.8, 4) is 11.1 Å². The predicted molar refractivity (Wildman–Crippen MR) is 93.8 cm³/mol. The van der Waals surface area contributed by atoms with Gasteiger partial charge in [-0.2, -0.15) is 0 Å². The topological polar surface area (TPSA) is 42.1 Å². The molecule has 0 spiro atoms. The summed E-state index contributed by atoms with van der Waals surface area (Å²) in [6, 6.07) is 16.6. The van der Waals surface area contributed by atoms with Crippen LogP contribution in [0.4, 0.5) is 0 Å². The summed E-state index contributed by atoms with van der Waals surface area (Å²) in [5.41, 5.74) is 5.16. The highest BCUT2D eigenvalue weighted by Crippen LogP contribution is 2.28. The molecule has 2 aromatic carbocycles. The predicted octanol–water partition coefficient (Wildman–Crippen LogP) is 4.92. The van der Waals surface area contributed by atoms with E-state index in [-0.39, 0.29) is 11.4 Å². The molecule has 0 atom stereocenters. The third-order valence-corrected chi connectivity index (χ3v) is 4.11. The van der Waals surface area contributed by atoms with Crippen molar-refractivity contribution in [2.24, 2.45) is 0 Å². The van der Waals surface area contributed by atoms with Crippen LogP contribution in [-0.4, -0.2) is 18.1 Å². The van der Waals surface area contributed by atoms with Gasteiger partial charge in [0, 0.05) is 10.9 Å². The fourth-order valence-electron chi connectivity index (χ4n) is 2.69. The van der Waals surface area contributed by atoms with Gasteiger partial charge in [0.25, 0.3) is 0 Å². The lowest BCUT2D eigenvalue weighted by Crippen LogP contribution is -2.10.